The number of nitrogens with two attached hydrogens (primary N) is 1. The highest BCUT2D eigenvalue weighted by Crippen LogP contribution is 2.28. The molecule has 0 aromatic heterocycles. The van der Waals surface area contributed by atoms with Gasteiger partial charge >= 0.3 is 0 Å². The van der Waals surface area contributed by atoms with Crippen LogP contribution in [0.15, 0.2) is 24.3 Å². The second kappa shape index (κ2) is 5.32. The Morgan fingerprint density at radius 1 is 1.31 bits per heavy atom. The number of hydrogen-bond acceptors (Lipinski definition) is 3. The van der Waals surface area contributed by atoms with Crippen molar-refractivity contribution in [2.45, 2.75) is 32.3 Å². The molecule has 1 aromatic rings. The van der Waals surface area contributed by atoms with Crippen LogP contribution in [0, 0.1) is 0 Å². The molecule has 0 saturated carbocycles. The summed E-state index contributed by atoms with van der Waals surface area (Å²) in [6.07, 6.45) is -0.493. The van der Waals surface area contributed by atoms with Crippen LogP contribution >= 0.6 is 0 Å². The number of aliphatic hydroxyl groups is 1. The van der Waals surface area contributed by atoms with E-state index in [4.69, 9.17) is 5.73 Å². The Hall–Kier alpha value is -1.06. The summed E-state index contributed by atoms with van der Waals surface area (Å²) in [7, 11) is 0. The highest BCUT2D eigenvalue weighted by atomic mass is 16.3. The summed E-state index contributed by atoms with van der Waals surface area (Å²) in [5.41, 5.74) is 7.79. The summed E-state index contributed by atoms with van der Waals surface area (Å²) in [6, 6.07) is 8.17. The standard InChI is InChI=1S/C13H22N2O/c1-13(2,3)11-6-4-5-7-12(11)15-9-10(16)8-14/h4-7,10,15-16H,8-9,14H2,1-3H3. The maximum absolute atomic E-state index is 9.43. The molecule has 1 unspecified atom stereocenters. The molecular weight excluding hydrogens is 200 g/mol. The second-order valence-corrected chi connectivity index (χ2v) is 5.07. The topological polar surface area (TPSA) is 58.3 Å². The lowest BCUT2D eigenvalue weighted by atomic mass is 9.86. The van der Waals surface area contributed by atoms with Gasteiger partial charge in [-0.15, -0.1) is 0 Å². The van der Waals surface area contributed by atoms with E-state index in [9.17, 15) is 5.11 Å². The Bertz CT molecular complexity index is 331. The summed E-state index contributed by atoms with van der Waals surface area (Å²) in [4.78, 5) is 0. The van der Waals surface area contributed by atoms with Gasteiger partial charge in [0.1, 0.15) is 0 Å². The third-order valence-electron chi connectivity index (χ3n) is 2.54. The van der Waals surface area contributed by atoms with Gasteiger partial charge in [-0.25, -0.2) is 0 Å². The summed E-state index contributed by atoms with van der Waals surface area (Å²) in [5, 5.41) is 12.7. The zero-order valence-electron chi connectivity index (χ0n) is 10.3. The zero-order chi connectivity index (χ0) is 12.2. The third kappa shape index (κ3) is 3.51. The number of aliphatic hydroxyl groups excluding tert-OH is 1. The number of benzene rings is 1. The molecule has 0 aliphatic carbocycles. The normalized spacial score (nSPS) is 13.6. The maximum Gasteiger partial charge on any atom is 0.0834 e. The van der Waals surface area contributed by atoms with E-state index >= 15 is 0 Å². The first-order valence-electron chi connectivity index (χ1n) is 5.66. The van der Waals surface area contributed by atoms with Crippen LogP contribution in [-0.4, -0.2) is 24.3 Å². The van der Waals surface area contributed by atoms with E-state index in [1.54, 1.807) is 0 Å². The number of rotatable bonds is 4. The largest absolute Gasteiger partial charge is 0.390 e. The SMILES string of the molecule is CC(C)(C)c1ccccc1NCC(O)CN. The molecule has 1 rings (SSSR count). The van der Waals surface area contributed by atoms with Crippen molar-refractivity contribution >= 4 is 5.69 Å². The fourth-order valence-electron chi connectivity index (χ4n) is 1.60. The Morgan fingerprint density at radius 3 is 2.50 bits per heavy atom. The second-order valence-electron chi connectivity index (χ2n) is 5.07. The lowest BCUT2D eigenvalue weighted by Crippen LogP contribution is -2.28. The van der Waals surface area contributed by atoms with Gasteiger partial charge in [-0.05, 0) is 17.0 Å². The van der Waals surface area contributed by atoms with Crippen LogP contribution in [-0.2, 0) is 5.41 Å². The third-order valence-corrected chi connectivity index (χ3v) is 2.54. The summed E-state index contributed by atoms with van der Waals surface area (Å²) in [6.45, 7) is 7.29. The molecule has 16 heavy (non-hydrogen) atoms. The first-order chi connectivity index (χ1) is 7.45. The molecule has 0 aliphatic heterocycles. The number of anilines is 1. The first-order valence-corrected chi connectivity index (χ1v) is 5.66. The van der Waals surface area contributed by atoms with Crippen LogP contribution in [0.3, 0.4) is 0 Å². The van der Waals surface area contributed by atoms with E-state index in [2.05, 4.69) is 32.2 Å². The van der Waals surface area contributed by atoms with Crippen LogP contribution in [0.5, 0.6) is 0 Å². The Morgan fingerprint density at radius 2 is 1.94 bits per heavy atom. The molecule has 0 bridgehead atoms. The van der Waals surface area contributed by atoms with E-state index in [-0.39, 0.29) is 12.0 Å². The molecule has 1 atom stereocenters. The van der Waals surface area contributed by atoms with E-state index in [0.29, 0.717) is 6.54 Å². The molecule has 3 heteroatoms. The fourth-order valence-corrected chi connectivity index (χ4v) is 1.60. The highest BCUT2D eigenvalue weighted by Gasteiger charge is 2.17. The van der Waals surface area contributed by atoms with E-state index in [0.717, 1.165) is 5.69 Å². The van der Waals surface area contributed by atoms with E-state index < -0.39 is 6.10 Å². The van der Waals surface area contributed by atoms with Gasteiger partial charge in [0.15, 0.2) is 0 Å². The molecule has 0 spiro atoms. The highest BCUT2D eigenvalue weighted by molar-refractivity contribution is 5.54. The fraction of sp³-hybridized carbons (Fsp3) is 0.538. The van der Waals surface area contributed by atoms with Crippen molar-refractivity contribution in [1.29, 1.82) is 0 Å². The summed E-state index contributed by atoms with van der Waals surface area (Å²) in [5.74, 6) is 0. The van der Waals surface area contributed by atoms with Crippen LogP contribution in [0.4, 0.5) is 5.69 Å². The Balaban J connectivity index is 2.80. The van der Waals surface area contributed by atoms with Crippen molar-refractivity contribution in [1.82, 2.24) is 0 Å². The van der Waals surface area contributed by atoms with Crippen molar-refractivity contribution < 1.29 is 5.11 Å². The predicted molar refractivity (Wildman–Crippen MR) is 68.7 cm³/mol. The van der Waals surface area contributed by atoms with Gasteiger partial charge in [0, 0.05) is 18.8 Å². The lowest BCUT2D eigenvalue weighted by molar-refractivity contribution is 0.196. The molecule has 1 aromatic carbocycles. The van der Waals surface area contributed by atoms with Gasteiger partial charge in [0.05, 0.1) is 6.10 Å². The quantitative estimate of drug-likeness (QED) is 0.727. The van der Waals surface area contributed by atoms with Gasteiger partial charge in [-0.1, -0.05) is 39.0 Å². The average molecular weight is 222 g/mol. The molecule has 0 amide bonds. The minimum Gasteiger partial charge on any atom is -0.390 e. The number of para-hydroxylation sites is 1. The predicted octanol–water partition coefficient (Wildman–Crippen LogP) is 1.72. The Labute approximate surface area is 97.7 Å². The van der Waals surface area contributed by atoms with Crippen LogP contribution in [0.25, 0.3) is 0 Å². The van der Waals surface area contributed by atoms with Crippen molar-refractivity contribution in [2.75, 3.05) is 18.4 Å². The van der Waals surface area contributed by atoms with Gasteiger partial charge in [0.25, 0.3) is 0 Å². The van der Waals surface area contributed by atoms with E-state index in [1.165, 1.54) is 5.56 Å². The van der Waals surface area contributed by atoms with Crippen molar-refractivity contribution in [3.63, 3.8) is 0 Å². The molecule has 90 valence electrons. The molecule has 0 saturated heterocycles. The minimum atomic E-state index is -0.493. The van der Waals surface area contributed by atoms with E-state index in [1.807, 2.05) is 18.2 Å². The molecule has 0 radical (unpaired) electrons. The van der Waals surface area contributed by atoms with Crippen molar-refractivity contribution in [3.8, 4) is 0 Å². The number of nitrogens with one attached hydrogen (secondary N) is 1. The summed E-state index contributed by atoms with van der Waals surface area (Å²) < 4.78 is 0. The summed E-state index contributed by atoms with van der Waals surface area (Å²) >= 11 is 0. The van der Waals surface area contributed by atoms with Crippen molar-refractivity contribution in [3.05, 3.63) is 29.8 Å². The van der Waals surface area contributed by atoms with Crippen LogP contribution in [0.1, 0.15) is 26.3 Å². The zero-order valence-corrected chi connectivity index (χ0v) is 10.3. The maximum atomic E-state index is 9.43. The molecular formula is C13H22N2O. The van der Waals surface area contributed by atoms with Crippen LogP contribution < -0.4 is 11.1 Å². The van der Waals surface area contributed by atoms with Gasteiger partial charge in [-0.3, -0.25) is 0 Å². The first kappa shape index (κ1) is 13.0. The van der Waals surface area contributed by atoms with Gasteiger partial charge < -0.3 is 16.2 Å². The van der Waals surface area contributed by atoms with Crippen LogP contribution in [0.2, 0.25) is 0 Å². The molecule has 4 N–H and O–H groups in total. The Kier molecular flexibility index (Phi) is 4.33. The lowest BCUT2D eigenvalue weighted by Gasteiger charge is -2.24. The monoisotopic (exact) mass is 222 g/mol. The number of hydrogen-bond donors (Lipinski definition) is 3. The minimum absolute atomic E-state index is 0.0945. The van der Waals surface area contributed by atoms with Gasteiger partial charge in [-0.2, -0.15) is 0 Å². The molecule has 0 fully saturated rings. The molecule has 3 nitrogen and oxygen atoms in total. The molecule has 0 aliphatic rings. The average Bonchev–Trinajstić information content (AvgIpc) is 2.25. The smallest absolute Gasteiger partial charge is 0.0834 e. The van der Waals surface area contributed by atoms with Gasteiger partial charge in [0.2, 0.25) is 0 Å². The molecule has 0 heterocycles. The van der Waals surface area contributed by atoms with Crippen molar-refractivity contribution in [2.24, 2.45) is 5.73 Å².